The lowest BCUT2D eigenvalue weighted by atomic mass is 10.2. The smallest absolute Gasteiger partial charge is 0.410 e. The number of nitriles is 1. The van der Waals surface area contributed by atoms with Crippen molar-refractivity contribution in [1.29, 1.82) is 5.26 Å². The summed E-state index contributed by atoms with van der Waals surface area (Å²) in [6, 6.07) is 13.9. The van der Waals surface area contributed by atoms with Gasteiger partial charge in [0, 0.05) is 30.7 Å². The van der Waals surface area contributed by atoms with Crippen molar-refractivity contribution >= 4 is 23.1 Å². The zero-order valence-corrected chi connectivity index (χ0v) is 15.8. The Kier molecular flexibility index (Phi) is 6.05. The monoisotopic (exact) mass is 357 g/mol. The molecule has 132 valence electrons. The van der Waals surface area contributed by atoms with E-state index in [0.717, 1.165) is 16.1 Å². The Morgan fingerprint density at radius 3 is 2.72 bits per heavy atom. The quantitative estimate of drug-likeness (QED) is 0.849. The second kappa shape index (κ2) is 8.04. The first-order chi connectivity index (χ1) is 11.8. The van der Waals surface area contributed by atoms with Gasteiger partial charge >= 0.3 is 6.09 Å². The van der Waals surface area contributed by atoms with Crippen molar-refractivity contribution in [3.05, 3.63) is 51.7 Å². The highest BCUT2D eigenvalue weighted by atomic mass is 32.1. The fourth-order valence-electron chi connectivity index (χ4n) is 2.18. The number of amides is 1. The third-order valence-electron chi connectivity index (χ3n) is 3.29. The van der Waals surface area contributed by atoms with Crippen LogP contribution in [0.25, 0.3) is 0 Å². The van der Waals surface area contributed by atoms with Gasteiger partial charge in [-0.15, -0.1) is 11.3 Å². The van der Waals surface area contributed by atoms with Crippen LogP contribution in [-0.4, -0.2) is 23.6 Å². The summed E-state index contributed by atoms with van der Waals surface area (Å²) in [5.74, 6) is 0. The molecule has 0 aliphatic carbocycles. The molecule has 0 saturated heterocycles. The molecule has 0 unspecified atom stereocenters. The number of thiophene rings is 1. The van der Waals surface area contributed by atoms with Gasteiger partial charge in [-0.1, -0.05) is 12.1 Å². The van der Waals surface area contributed by atoms with Gasteiger partial charge in [0.2, 0.25) is 0 Å². The number of anilines is 1. The van der Waals surface area contributed by atoms with E-state index in [1.54, 1.807) is 11.9 Å². The standard InChI is InChI=1S/C19H23N3O2S/c1-19(2,3)24-18(23)22(4)13-14-6-5-7-15(10-14)21-12-17-9-8-16(11-20)25-17/h5-10,21H,12-13H2,1-4H3. The average molecular weight is 357 g/mol. The molecular weight excluding hydrogens is 334 g/mol. The molecule has 0 saturated carbocycles. The number of ether oxygens (including phenoxy) is 1. The minimum atomic E-state index is -0.502. The fraction of sp³-hybridized carbons (Fsp3) is 0.368. The van der Waals surface area contributed by atoms with Crippen LogP contribution in [0.2, 0.25) is 0 Å². The number of hydrogen-bond acceptors (Lipinski definition) is 5. The van der Waals surface area contributed by atoms with Crippen molar-refractivity contribution in [3.63, 3.8) is 0 Å². The van der Waals surface area contributed by atoms with E-state index in [0.29, 0.717) is 18.0 Å². The Hall–Kier alpha value is -2.52. The summed E-state index contributed by atoms with van der Waals surface area (Å²) in [7, 11) is 1.73. The van der Waals surface area contributed by atoms with Crippen molar-refractivity contribution in [1.82, 2.24) is 4.90 Å². The van der Waals surface area contributed by atoms with E-state index in [-0.39, 0.29) is 6.09 Å². The van der Waals surface area contributed by atoms with Crippen LogP contribution in [0.5, 0.6) is 0 Å². The van der Waals surface area contributed by atoms with Crippen LogP contribution in [0.1, 0.15) is 36.1 Å². The van der Waals surface area contributed by atoms with Gasteiger partial charge in [0.05, 0.1) is 0 Å². The van der Waals surface area contributed by atoms with Gasteiger partial charge in [-0.05, 0) is 50.6 Å². The van der Waals surface area contributed by atoms with Crippen LogP contribution in [0.3, 0.4) is 0 Å². The molecule has 0 bridgehead atoms. The van der Waals surface area contributed by atoms with Crippen molar-refractivity contribution in [3.8, 4) is 6.07 Å². The summed E-state index contributed by atoms with van der Waals surface area (Å²) >= 11 is 1.48. The van der Waals surface area contributed by atoms with Crippen LogP contribution >= 0.6 is 11.3 Å². The van der Waals surface area contributed by atoms with E-state index in [9.17, 15) is 4.79 Å². The Labute approximate surface area is 152 Å². The molecule has 1 heterocycles. The summed E-state index contributed by atoms with van der Waals surface area (Å²) in [5.41, 5.74) is 1.49. The molecule has 0 aliphatic rings. The maximum atomic E-state index is 12.1. The number of rotatable bonds is 5. The largest absolute Gasteiger partial charge is 0.444 e. The number of carbonyl (C=O) groups is 1. The summed E-state index contributed by atoms with van der Waals surface area (Å²) < 4.78 is 5.37. The Morgan fingerprint density at radius 1 is 1.32 bits per heavy atom. The van der Waals surface area contributed by atoms with E-state index in [2.05, 4.69) is 11.4 Å². The molecule has 2 rings (SSSR count). The van der Waals surface area contributed by atoms with Crippen molar-refractivity contribution in [2.75, 3.05) is 12.4 Å². The molecule has 6 heteroatoms. The molecule has 25 heavy (non-hydrogen) atoms. The van der Waals surface area contributed by atoms with Crippen LogP contribution in [0, 0.1) is 11.3 Å². The molecule has 0 spiro atoms. The first kappa shape index (κ1) is 18.8. The van der Waals surface area contributed by atoms with E-state index >= 15 is 0 Å². The lowest BCUT2D eigenvalue weighted by molar-refractivity contribution is 0.0285. The molecule has 0 fully saturated rings. The number of nitrogens with zero attached hydrogens (tertiary/aromatic N) is 2. The van der Waals surface area contributed by atoms with E-state index < -0.39 is 5.60 Å². The fourth-order valence-corrected chi connectivity index (χ4v) is 2.92. The van der Waals surface area contributed by atoms with Gasteiger partial charge in [-0.25, -0.2) is 4.79 Å². The second-order valence-electron chi connectivity index (χ2n) is 6.77. The maximum absolute atomic E-state index is 12.1. The van der Waals surface area contributed by atoms with E-state index in [4.69, 9.17) is 10.00 Å². The van der Waals surface area contributed by atoms with Gasteiger partial charge in [0.25, 0.3) is 0 Å². The highest BCUT2D eigenvalue weighted by Gasteiger charge is 2.19. The highest BCUT2D eigenvalue weighted by Crippen LogP contribution is 2.19. The third kappa shape index (κ3) is 6.12. The second-order valence-corrected chi connectivity index (χ2v) is 7.94. The highest BCUT2D eigenvalue weighted by molar-refractivity contribution is 7.12. The average Bonchev–Trinajstić information content (AvgIpc) is 3.00. The number of hydrogen-bond donors (Lipinski definition) is 1. The summed E-state index contributed by atoms with van der Waals surface area (Å²) in [6.07, 6.45) is -0.339. The number of carbonyl (C=O) groups excluding carboxylic acids is 1. The molecule has 0 aliphatic heterocycles. The molecule has 1 aromatic carbocycles. The van der Waals surface area contributed by atoms with Crippen molar-refractivity contribution < 1.29 is 9.53 Å². The van der Waals surface area contributed by atoms with Crippen LogP contribution in [-0.2, 0) is 17.8 Å². The zero-order valence-electron chi connectivity index (χ0n) is 15.0. The van der Waals surface area contributed by atoms with E-state index in [1.807, 2.05) is 57.2 Å². The number of nitrogens with one attached hydrogen (secondary N) is 1. The topological polar surface area (TPSA) is 65.4 Å². The van der Waals surface area contributed by atoms with Gasteiger partial charge in [-0.2, -0.15) is 5.26 Å². The minimum absolute atomic E-state index is 0.339. The molecular formula is C19H23N3O2S. The summed E-state index contributed by atoms with van der Waals surface area (Å²) in [6.45, 7) is 6.70. The molecule has 0 radical (unpaired) electrons. The van der Waals surface area contributed by atoms with Crippen molar-refractivity contribution in [2.24, 2.45) is 0 Å². The molecule has 0 atom stereocenters. The summed E-state index contributed by atoms with van der Waals surface area (Å²) in [5, 5.41) is 12.2. The van der Waals surface area contributed by atoms with Crippen LogP contribution in [0.15, 0.2) is 36.4 Å². The maximum Gasteiger partial charge on any atom is 0.410 e. The first-order valence-corrected chi connectivity index (χ1v) is 8.84. The van der Waals surface area contributed by atoms with Crippen LogP contribution < -0.4 is 5.32 Å². The van der Waals surface area contributed by atoms with E-state index in [1.165, 1.54) is 11.3 Å². The van der Waals surface area contributed by atoms with Crippen LogP contribution in [0.4, 0.5) is 10.5 Å². The predicted octanol–water partition coefficient (Wildman–Crippen LogP) is 4.60. The Balaban J connectivity index is 1.94. The van der Waals surface area contributed by atoms with Gasteiger partial charge in [0.15, 0.2) is 0 Å². The van der Waals surface area contributed by atoms with Crippen molar-refractivity contribution in [2.45, 2.75) is 39.5 Å². The molecule has 2 aromatic rings. The van der Waals surface area contributed by atoms with Gasteiger partial charge in [-0.3, -0.25) is 0 Å². The lowest BCUT2D eigenvalue weighted by Gasteiger charge is -2.24. The molecule has 5 nitrogen and oxygen atoms in total. The predicted molar refractivity (Wildman–Crippen MR) is 101 cm³/mol. The Bertz CT molecular complexity index is 771. The normalized spacial score (nSPS) is 10.8. The molecule has 1 aromatic heterocycles. The Morgan fingerprint density at radius 2 is 2.08 bits per heavy atom. The molecule has 1 amide bonds. The van der Waals surface area contributed by atoms with Gasteiger partial charge < -0.3 is 15.0 Å². The number of benzene rings is 1. The molecule has 1 N–H and O–H groups in total. The van der Waals surface area contributed by atoms with Gasteiger partial charge in [0.1, 0.15) is 16.5 Å². The SMILES string of the molecule is CN(Cc1cccc(NCc2ccc(C#N)s2)c1)C(=O)OC(C)(C)C. The zero-order chi connectivity index (χ0) is 18.4. The third-order valence-corrected chi connectivity index (χ3v) is 4.28. The lowest BCUT2D eigenvalue weighted by Crippen LogP contribution is -2.33. The minimum Gasteiger partial charge on any atom is -0.444 e. The summed E-state index contributed by atoms with van der Waals surface area (Å²) in [4.78, 5) is 15.4. The first-order valence-electron chi connectivity index (χ1n) is 8.02.